The molecule has 0 saturated carbocycles. The molecule has 0 radical (unpaired) electrons. The van der Waals surface area contributed by atoms with Crippen LogP contribution in [0.2, 0.25) is 0 Å². The summed E-state index contributed by atoms with van der Waals surface area (Å²) in [5, 5.41) is 18.6. The van der Waals surface area contributed by atoms with Gasteiger partial charge in [0.25, 0.3) is 5.91 Å². The Balaban J connectivity index is 2.07. The molecule has 35 heavy (non-hydrogen) atoms. The van der Waals surface area contributed by atoms with Gasteiger partial charge in [0.05, 0.1) is 41.6 Å². The van der Waals surface area contributed by atoms with E-state index in [9.17, 15) is 31.6 Å². The number of nitrogens with one attached hydrogen (secondary N) is 1. The van der Waals surface area contributed by atoms with Crippen LogP contribution in [0.5, 0.6) is 0 Å². The highest BCUT2D eigenvalue weighted by Crippen LogP contribution is 2.35. The molecule has 0 fully saturated rings. The largest absolute Gasteiger partial charge is 0.417 e. The summed E-state index contributed by atoms with van der Waals surface area (Å²) in [6.45, 7) is 1.54. The number of hydrogen-bond acceptors (Lipinski definition) is 8. The summed E-state index contributed by atoms with van der Waals surface area (Å²) in [5.74, 6) is -0.923. The van der Waals surface area contributed by atoms with Crippen molar-refractivity contribution < 1.29 is 26.4 Å². The van der Waals surface area contributed by atoms with Crippen molar-refractivity contribution in [2.24, 2.45) is 0 Å². The van der Waals surface area contributed by atoms with Crippen LogP contribution in [0.3, 0.4) is 0 Å². The smallest absolute Gasteiger partial charge is 0.313 e. The predicted octanol–water partition coefficient (Wildman–Crippen LogP) is 4.24. The molecule has 2 aromatic carbocycles. The molecule has 1 N–H and O–H groups in total. The number of rotatable bonds is 6. The lowest BCUT2D eigenvalue weighted by Crippen LogP contribution is -2.30. The SMILES string of the molecule is Cc1sc(N(Cc2ccc(C(F)(F)F)c(C#N)c2)c2ccc(C#N)cc2)nc1C(=O)NS(C)(=O)=O. The molecule has 0 bridgehead atoms. The van der Waals surface area contributed by atoms with Crippen LogP contribution < -0.4 is 9.62 Å². The van der Waals surface area contributed by atoms with Gasteiger partial charge in [-0.05, 0) is 48.9 Å². The van der Waals surface area contributed by atoms with E-state index in [1.54, 1.807) is 30.0 Å². The molecular formula is C22H16F3N5O3S2. The number of carbonyl (C=O) groups is 1. The second-order valence-electron chi connectivity index (χ2n) is 7.34. The molecule has 180 valence electrons. The first-order valence-electron chi connectivity index (χ1n) is 9.70. The lowest BCUT2D eigenvalue weighted by atomic mass is 10.0. The van der Waals surface area contributed by atoms with E-state index in [0.717, 1.165) is 29.7 Å². The number of anilines is 2. The van der Waals surface area contributed by atoms with E-state index in [2.05, 4.69) is 4.98 Å². The fourth-order valence-electron chi connectivity index (χ4n) is 3.12. The Hall–Kier alpha value is -3.94. The normalized spacial score (nSPS) is 11.4. The number of nitriles is 2. The number of aromatic nitrogens is 1. The zero-order valence-electron chi connectivity index (χ0n) is 18.2. The number of alkyl halides is 3. The maximum Gasteiger partial charge on any atom is 0.417 e. The number of benzene rings is 2. The summed E-state index contributed by atoms with van der Waals surface area (Å²) in [5.41, 5.74) is -0.491. The lowest BCUT2D eigenvalue weighted by Gasteiger charge is -2.23. The molecule has 1 amide bonds. The number of sulfonamides is 1. The Kier molecular flexibility index (Phi) is 7.14. The van der Waals surface area contributed by atoms with Gasteiger partial charge >= 0.3 is 6.18 Å². The number of carbonyl (C=O) groups excluding carboxylic acids is 1. The molecule has 1 heterocycles. The van der Waals surface area contributed by atoms with Crippen molar-refractivity contribution >= 4 is 38.1 Å². The predicted molar refractivity (Wildman–Crippen MR) is 122 cm³/mol. The molecule has 1 aromatic heterocycles. The Morgan fingerprint density at radius 3 is 2.34 bits per heavy atom. The van der Waals surface area contributed by atoms with Crippen LogP contribution in [0.15, 0.2) is 42.5 Å². The molecule has 3 rings (SSSR count). The molecule has 0 aliphatic carbocycles. The molecular weight excluding hydrogens is 503 g/mol. The number of halogens is 3. The summed E-state index contributed by atoms with van der Waals surface area (Å²) in [6, 6.07) is 13.0. The Morgan fingerprint density at radius 1 is 1.14 bits per heavy atom. The van der Waals surface area contributed by atoms with Crippen molar-refractivity contribution in [3.8, 4) is 12.1 Å². The van der Waals surface area contributed by atoms with Gasteiger partial charge in [-0.2, -0.15) is 23.7 Å². The average molecular weight is 520 g/mol. The minimum atomic E-state index is -4.69. The van der Waals surface area contributed by atoms with Crippen LogP contribution in [0.1, 0.15) is 37.6 Å². The van der Waals surface area contributed by atoms with Crippen LogP contribution in [0, 0.1) is 29.6 Å². The first-order valence-corrected chi connectivity index (χ1v) is 12.4. The van der Waals surface area contributed by atoms with Gasteiger partial charge in [0.2, 0.25) is 10.0 Å². The number of hydrogen-bond donors (Lipinski definition) is 1. The van der Waals surface area contributed by atoms with E-state index in [1.165, 1.54) is 18.2 Å². The monoisotopic (exact) mass is 519 g/mol. The summed E-state index contributed by atoms with van der Waals surface area (Å²) >= 11 is 1.07. The van der Waals surface area contributed by atoms with Gasteiger partial charge in [-0.25, -0.2) is 18.1 Å². The van der Waals surface area contributed by atoms with E-state index >= 15 is 0 Å². The van der Waals surface area contributed by atoms with Crippen molar-refractivity contribution in [1.29, 1.82) is 10.5 Å². The van der Waals surface area contributed by atoms with Gasteiger partial charge in [0, 0.05) is 10.6 Å². The van der Waals surface area contributed by atoms with E-state index in [0.29, 0.717) is 21.7 Å². The third-order valence-corrected chi connectivity index (χ3v) is 6.22. The standard InChI is InChI=1S/C22H16F3N5O3S2/c1-13-19(20(31)29-35(2,32)33)28-21(34-13)30(17-6-3-14(10-26)4-7-17)12-15-5-8-18(22(23,24)25)16(9-15)11-27/h3-9H,12H2,1-2H3,(H,29,31). The average Bonchev–Trinajstić information content (AvgIpc) is 3.17. The Bertz CT molecular complexity index is 1470. The summed E-state index contributed by atoms with van der Waals surface area (Å²) < 4.78 is 64.3. The van der Waals surface area contributed by atoms with Gasteiger partial charge in [-0.1, -0.05) is 6.07 Å². The van der Waals surface area contributed by atoms with Gasteiger partial charge in [-0.3, -0.25) is 4.79 Å². The topological polar surface area (TPSA) is 127 Å². The molecule has 3 aromatic rings. The highest BCUT2D eigenvalue weighted by molar-refractivity contribution is 7.89. The van der Waals surface area contributed by atoms with Crippen LogP contribution >= 0.6 is 11.3 Å². The third-order valence-electron chi connectivity index (χ3n) is 4.67. The molecule has 0 saturated heterocycles. The van der Waals surface area contributed by atoms with Crippen LogP contribution in [-0.4, -0.2) is 25.6 Å². The highest BCUT2D eigenvalue weighted by atomic mass is 32.2. The number of thiazole rings is 1. The maximum atomic E-state index is 13.2. The van der Waals surface area contributed by atoms with E-state index in [4.69, 9.17) is 5.26 Å². The summed E-state index contributed by atoms with van der Waals surface area (Å²) in [7, 11) is -3.83. The first-order chi connectivity index (χ1) is 16.3. The van der Waals surface area contributed by atoms with E-state index in [-0.39, 0.29) is 17.4 Å². The van der Waals surface area contributed by atoms with Crippen molar-refractivity contribution in [2.75, 3.05) is 11.2 Å². The molecule has 0 spiro atoms. The number of aryl methyl sites for hydroxylation is 1. The van der Waals surface area contributed by atoms with Gasteiger partial charge in [-0.15, -0.1) is 11.3 Å². The van der Waals surface area contributed by atoms with E-state index in [1.807, 2.05) is 10.8 Å². The van der Waals surface area contributed by atoms with E-state index < -0.39 is 33.2 Å². The molecule has 8 nitrogen and oxygen atoms in total. The van der Waals surface area contributed by atoms with Crippen molar-refractivity contribution in [3.05, 3.63) is 75.3 Å². The Morgan fingerprint density at radius 2 is 1.80 bits per heavy atom. The van der Waals surface area contributed by atoms with Crippen LogP contribution in [0.4, 0.5) is 24.0 Å². The zero-order valence-corrected chi connectivity index (χ0v) is 19.8. The van der Waals surface area contributed by atoms with Gasteiger partial charge < -0.3 is 4.90 Å². The van der Waals surface area contributed by atoms with Gasteiger partial charge in [0.1, 0.15) is 5.69 Å². The van der Waals surface area contributed by atoms with Crippen molar-refractivity contribution in [3.63, 3.8) is 0 Å². The second-order valence-corrected chi connectivity index (χ2v) is 10.3. The third kappa shape index (κ3) is 6.15. The quantitative estimate of drug-likeness (QED) is 0.516. The first kappa shape index (κ1) is 25.7. The van der Waals surface area contributed by atoms with Crippen molar-refractivity contribution in [1.82, 2.24) is 9.71 Å². The molecule has 0 aliphatic rings. The molecule has 0 aliphatic heterocycles. The van der Waals surface area contributed by atoms with Crippen molar-refractivity contribution in [2.45, 2.75) is 19.6 Å². The minimum absolute atomic E-state index is 0.0290. The van der Waals surface area contributed by atoms with Crippen LogP contribution in [-0.2, 0) is 22.7 Å². The molecule has 0 atom stereocenters. The number of nitrogens with zero attached hydrogens (tertiary/aromatic N) is 4. The van der Waals surface area contributed by atoms with Crippen LogP contribution in [0.25, 0.3) is 0 Å². The fraction of sp³-hybridized carbons (Fsp3) is 0.182. The number of amides is 1. The maximum absolute atomic E-state index is 13.2. The zero-order chi connectivity index (χ0) is 26.0. The minimum Gasteiger partial charge on any atom is -0.313 e. The van der Waals surface area contributed by atoms with Gasteiger partial charge in [0.15, 0.2) is 5.13 Å². The Labute approximate surface area is 202 Å². The highest BCUT2D eigenvalue weighted by Gasteiger charge is 2.33. The lowest BCUT2D eigenvalue weighted by molar-refractivity contribution is -0.137. The summed E-state index contributed by atoms with van der Waals surface area (Å²) in [4.78, 5) is 18.6. The fourth-order valence-corrected chi connectivity index (χ4v) is 4.48. The summed E-state index contributed by atoms with van der Waals surface area (Å²) in [6.07, 6.45) is -3.86. The molecule has 13 heteroatoms. The second kappa shape index (κ2) is 9.74. The molecule has 0 unspecified atom stereocenters.